The van der Waals surface area contributed by atoms with Crippen molar-refractivity contribution in [3.63, 3.8) is 0 Å². The number of hydrogen-bond donors (Lipinski definition) is 1. The first-order valence-electron chi connectivity index (χ1n) is 6.70. The van der Waals surface area contributed by atoms with Crippen molar-refractivity contribution in [1.29, 1.82) is 0 Å². The molecule has 2 aliphatic carbocycles. The number of carbonyl (C=O) groups excluding carboxylic acids is 1. The van der Waals surface area contributed by atoms with Gasteiger partial charge in [0.1, 0.15) is 4.21 Å². The number of fused-ring (bicyclic) bond motifs is 2. The lowest BCUT2D eigenvalue weighted by Crippen LogP contribution is -2.38. The zero-order chi connectivity index (χ0) is 14.5. The van der Waals surface area contributed by atoms with Gasteiger partial charge in [0, 0.05) is 22.1 Å². The maximum absolute atomic E-state index is 12.3. The maximum Gasteiger partial charge on any atom is 0.271 e. The van der Waals surface area contributed by atoms with Crippen molar-refractivity contribution in [2.75, 3.05) is 0 Å². The standard InChI is InChI=1S/C13H16ClNO3S2/c1-7-10(6-19-13(7)20(14,17)18)12(16)15-11-5-8-2-3-9(11)4-8/h6,8-9,11H,2-5H2,1H3,(H,15,16). The third-order valence-electron chi connectivity index (χ3n) is 4.51. The van der Waals surface area contributed by atoms with Crippen molar-refractivity contribution in [1.82, 2.24) is 5.32 Å². The summed E-state index contributed by atoms with van der Waals surface area (Å²) in [6.07, 6.45) is 4.75. The highest BCUT2D eigenvalue weighted by Gasteiger charge is 2.40. The van der Waals surface area contributed by atoms with Gasteiger partial charge in [-0.15, -0.1) is 11.3 Å². The lowest BCUT2D eigenvalue weighted by Gasteiger charge is -2.22. The van der Waals surface area contributed by atoms with Gasteiger partial charge in [-0.3, -0.25) is 4.79 Å². The fraction of sp³-hybridized carbons (Fsp3) is 0.615. The SMILES string of the molecule is Cc1c(C(=O)NC2CC3CCC2C3)csc1S(=O)(=O)Cl. The molecule has 1 N–H and O–H groups in total. The van der Waals surface area contributed by atoms with E-state index < -0.39 is 9.05 Å². The van der Waals surface area contributed by atoms with Crippen LogP contribution in [0.3, 0.4) is 0 Å². The maximum atomic E-state index is 12.3. The quantitative estimate of drug-likeness (QED) is 0.865. The number of carbonyl (C=O) groups is 1. The van der Waals surface area contributed by atoms with E-state index in [4.69, 9.17) is 10.7 Å². The van der Waals surface area contributed by atoms with Crippen molar-refractivity contribution >= 4 is 37.0 Å². The Balaban J connectivity index is 1.77. The second kappa shape index (κ2) is 5.00. The monoisotopic (exact) mass is 333 g/mol. The van der Waals surface area contributed by atoms with Gasteiger partial charge >= 0.3 is 0 Å². The Morgan fingerprint density at radius 2 is 2.15 bits per heavy atom. The van der Waals surface area contributed by atoms with Gasteiger partial charge in [0.25, 0.3) is 15.0 Å². The van der Waals surface area contributed by atoms with Crippen LogP contribution in [-0.2, 0) is 9.05 Å². The van der Waals surface area contributed by atoms with Crippen molar-refractivity contribution in [3.8, 4) is 0 Å². The van der Waals surface area contributed by atoms with E-state index in [-0.39, 0.29) is 16.2 Å². The summed E-state index contributed by atoms with van der Waals surface area (Å²) in [5.41, 5.74) is 0.877. The average Bonchev–Trinajstić information content (AvgIpc) is 3.01. The van der Waals surface area contributed by atoms with Gasteiger partial charge in [0.05, 0.1) is 5.56 Å². The van der Waals surface area contributed by atoms with Crippen molar-refractivity contribution in [3.05, 3.63) is 16.5 Å². The van der Waals surface area contributed by atoms with E-state index >= 15 is 0 Å². The summed E-state index contributed by atoms with van der Waals surface area (Å²) in [5, 5.41) is 4.64. The highest BCUT2D eigenvalue weighted by atomic mass is 35.7. The van der Waals surface area contributed by atoms with E-state index in [9.17, 15) is 13.2 Å². The molecule has 0 aromatic carbocycles. The summed E-state index contributed by atoms with van der Waals surface area (Å²) in [6.45, 7) is 1.63. The minimum absolute atomic E-state index is 0.0669. The van der Waals surface area contributed by atoms with E-state index in [1.54, 1.807) is 12.3 Å². The van der Waals surface area contributed by atoms with Crippen LogP contribution in [0.5, 0.6) is 0 Å². The molecule has 1 heterocycles. The van der Waals surface area contributed by atoms with Gasteiger partial charge in [-0.1, -0.05) is 6.42 Å². The summed E-state index contributed by atoms with van der Waals surface area (Å²) < 4.78 is 22.8. The smallest absolute Gasteiger partial charge is 0.271 e. The van der Waals surface area contributed by atoms with Crippen molar-refractivity contribution < 1.29 is 13.2 Å². The molecule has 3 rings (SSSR count). The summed E-state index contributed by atoms with van der Waals surface area (Å²) in [5.74, 6) is 1.18. The highest BCUT2D eigenvalue weighted by Crippen LogP contribution is 2.44. The van der Waals surface area contributed by atoms with E-state index in [0.29, 0.717) is 17.0 Å². The molecule has 4 nitrogen and oxygen atoms in total. The molecule has 20 heavy (non-hydrogen) atoms. The molecule has 2 bridgehead atoms. The van der Waals surface area contributed by atoms with Crippen LogP contribution in [0.25, 0.3) is 0 Å². The van der Waals surface area contributed by atoms with Crippen molar-refractivity contribution in [2.24, 2.45) is 11.8 Å². The van der Waals surface area contributed by atoms with E-state index in [1.165, 1.54) is 19.3 Å². The third-order valence-corrected chi connectivity index (χ3v) is 7.82. The molecule has 3 unspecified atom stereocenters. The Labute approximate surface area is 126 Å². The zero-order valence-electron chi connectivity index (χ0n) is 11.1. The number of nitrogens with one attached hydrogen (secondary N) is 1. The normalized spacial score (nSPS) is 28.8. The van der Waals surface area contributed by atoms with Gasteiger partial charge in [-0.25, -0.2) is 8.42 Å². The molecule has 0 saturated heterocycles. The van der Waals surface area contributed by atoms with Crippen molar-refractivity contribution in [2.45, 2.75) is 42.9 Å². The number of halogens is 1. The third kappa shape index (κ3) is 2.49. The molecule has 3 atom stereocenters. The zero-order valence-corrected chi connectivity index (χ0v) is 13.4. The van der Waals surface area contributed by atoms with E-state index in [0.717, 1.165) is 23.7 Å². The number of hydrogen-bond acceptors (Lipinski definition) is 4. The molecular weight excluding hydrogens is 318 g/mol. The lowest BCUT2D eigenvalue weighted by molar-refractivity contribution is 0.0922. The molecular formula is C13H16ClNO3S2. The van der Waals surface area contributed by atoms with Gasteiger partial charge in [-0.2, -0.15) is 0 Å². The predicted octanol–water partition coefficient (Wildman–Crippen LogP) is 2.90. The van der Waals surface area contributed by atoms with Crippen LogP contribution in [0.15, 0.2) is 9.59 Å². The molecule has 0 radical (unpaired) electrons. The largest absolute Gasteiger partial charge is 0.349 e. The number of thiophene rings is 1. The predicted molar refractivity (Wildman–Crippen MR) is 78.8 cm³/mol. The minimum atomic E-state index is -3.77. The lowest BCUT2D eigenvalue weighted by atomic mass is 9.95. The average molecular weight is 334 g/mol. The summed E-state index contributed by atoms with van der Waals surface area (Å²) >= 11 is 1.00. The van der Waals surface area contributed by atoms with Crippen LogP contribution in [0.2, 0.25) is 0 Å². The molecule has 7 heteroatoms. The topological polar surface area (TPSA) is 63.2 Å². The van der Waals surface area contributed by atoms with Crippen LogP contribution in [0.4, 0.5) is 0 Å². The molecule has 1 aromatic heterocycles. The number of amides is 1. The molecule has 0 spiro atoms. The Bertz CT molecular complexity index is 653. The second-order valence-corrected chi connectivity index (χ2v) is 9.40. The number of rotatable bonds is 3. The summed E-state index contributed by atoms with van der Waals surface area (Å²) in [7, 11) is 1.58. The van der Waals surface area contributed by atoms with Gasteiger partial charge in [0.15, 0.2) is 0 Å². The molecule has 110 valence electrons. The Kier molecular flexibility index (Phi) is 3.59. The van der Waals surface area contributed by atoms with Gasteiger partial charge in [0.2, 0.25) is 0 Å². The summed E-state index contributed by atoms with van der Waals surface area (Å²) in [6, 6.07) is 0.247. The van der Waals surface area contributed by atoms with Gasteiger partial charge in [-0.05, 0) is 43.6 Å². The van der Waals surface area contributed by atoms with E-state index in [1.807, 2.05) is 0 Å². The second-order valence-electron chi connectivity index (χ2n) is 5.75. The van der Waals surface area contributed by atoms with Crippen LogP contribution in [0, 0.1) is 18.8 Å². The van der Waals surface area contributed by atoms with Crippen LogP contribution >= 0.6 is 22.0 Å². The molecule has 2 saturated carbocycles. The van der Waals surface area contributed by atoms with Crippen LogP contribution < -0.4 is 5.32 Å². The highest BCUT2D eigenvalue weighted by molar-refractivity contribution is 8.15. The van der Waals surface area contributed by atoms with Gasteiger partial charge < -0.3 is 5.32 Å². The molecule has 2 aliphatic rings. The Morgan fingerprint density at radius 3 is 2.65 bits per heavy atom. The molecule has 1 amide bonds. The summed E-state index contributed by atoms with van der Waals surface area (Å²) in [4.78, 5) is 12.3. The van der Waals surface area contributed by atoms with Crippen LogP contribution in [-0.4, -0.2) is 20.4 Å². The van der Waals surface area contributed by atoms with E-state index in [2.05, 4.69) is 5.32 Å². The molecule has 1 aromatic rings. The first kappa shape index (κ1) is 14.4. The van der Waals surface area contributed by atoms with Crippen LogP contribution in [0.1, 0.15) is 41.6 Å². The first-order chi connectivity index (χ1) is 9.36. The fourth-order valence-electron chi connectivity index (χ4n) is 3.53. The molecule has 2 fully saturated rings. The first-order valence-corrected chi connectivity index (χ1v) is 9.88. The minimum Gasteiger partial charge on any atom is -0.349 e. The molecule has 0 aliphatic heterocycles. The fourth-order valence-corrected chi connectivity index (χ4v) is 6.08. The Morgan fingerprint density at radius 1 is 1.40 bits per heavy atom. The Hall–Kier alpha value is -0.590.